The zero-order valence-electron chi connectivity index (χ0n) is 16.4. The normalized spacial score (nSPS) is 14.7. The molecular formula is C21H25N3O3S. The molecule has 1 aromatic carbocycles. The number of aryl methyl sites for hydroxylation is 3. The topological polar surface area (TPSA) is 68.3 Å². The molecule has 4 rings (SSSR count). The van der Waals surface area contributed by atoms with Crippen LogP contribution in [0.1, 0.15) is 47.0 Å². The van der Waals surface area contributed by atoms with E-state index in [1.165, 1.54) is 22.8 Å². The van der Waals surface area contributed by atoms with Crippen molar-refractivity contribution in [2.45, 2.75) is 50.6 Å². The Bertz CT molecular complexity index is 1080. The van der Waals surface area contributed by atoms with Crippen LogP contribution in [0.4, 0.5) is 0 Å². The van der Waals surface area contributed by atoms with Crippen molar-refractivity contribution in [1.82, 2.24) is 14.1 Å². The fraction of sp³-hybridized carbons (Fsp3) is 0.381. The van der Waals surface area contributed by atoms with E-state index in [4.69, 9.17) is 4.42 Å². The van der Waals surface area contributed by atoms with E-state index < -0.39 is 10.0 Å². The molecule has 1 saturated carbocycles. The van der Waals surface area contributed by atoms with Crippen molar-refractivity contribution in [3.63, 3.8) is 0 Å². The lowest BCUT2D eigenvalue weighted by molar-refractivity contribution is 0.354. The zero-order valence-corrected chi connectivity index (χ0v) is 17.2. The lowest BCUT2D eigenvalue weighted by Crippen LogP contribution is -2.31. The van der Waals surface area contributed by atoms with Crippen LogP contribution in [0, 0.1) is 13.8 Å². The van der Waals surface area contributed by atoms with Crippen molar-refractivity contribution in [2.75, 3.05) is 0 Å². The number of nitrogens with zero attached hydrogens (tertiary/aromatic N) is 3. The van der Waals surface area contributed by atoms with Crippen LogP contribution < -0.4 is 0 Å². The molecule has 6 nitrogen and oxygen atoms in total. The van der Waals surface area contributed by atoms with E-state index in [9.17, 15) is 8.42 Å². The Morgan fingerprint density at radius 3 is 2.64 bits per heavy atom. The molecule has 1 fully saturated rings. The fourth-order valence-corrected chi connectivity index (χ4v) is 5.18. The fourth-order valence-electron chi connectivity index (χ4n) is 3.49. The number of furan rings is 1. The predicted molar refractivity (Wildman–Crippen MR) is 106 cm³/mol. The average molecular weight is 400 g/mol. The lowest BCUT2D eigenvalue weighted by atomic mass is 10.2. The number of hydrogen-bond acceptors (Lipinski definition) is 4. The molecule has 148 valence electrons. The highest BCUT2D eigenvalue weighted by Crippen LogP contribution is 2.40. The van der Waals surface area contributed by atoms with Gasteiger partial charge in [-0.2, -0.15) is 9.40 Å². The van der Waals surface area contributed by atoms with E-state index in [0.717, 1.165) is 16.8 Å². The summed E-state index contributed by atoms with van der Waals surface area (Å²) in [6.07, 6.45) is 3.91. The summed E-state index contributed by atoms with van der Waals surface area (Å²) < 4.78 is 35.8. The minimum absolute atomic E-state index is 0.165. The summed E-state index contributed by atoms with van der Waals surface area (Å²) in [6, 6.07) is 11.1. The predicted octanol–water partition coefficient (Wildman–Crippen LogP) is 3.90. The Balaban J connectivity index is 1.70. The first-order chi connectivity index (χ1) is 13.3. The van der Waals surface area contributed by atoms with Gasteiger partial charge in [0, 0.05) is 18.7 Å². The van der Waals surface area contributed by atoms with Crippen molar-refractivity contribution in [2.24, 2.45) is 7.05 Å². The van der Waals surface area contributed by atoms with Gasteiger partial charge in [0.25, 0.3) is 0 Å². The minimum Gasteiger partial charge on any atom is -0.468 e. The summed E-state index contributed by atoms with van der Waals surface area (Å²) >= 11 is 0. The molecule has 0 unspecified atom stereocenters. The van der Waals surface area contributed by atoms with Crippen molar-refractivity contribution < 1.29 is 12.8 Å². The van der Waals surface area contributed by atoms with E-state index in [1.807, 2.05) is 43.8 Å². The lowest BCUT2D eigenvalue weighted by Gasteiger charge is -2.22. The molecule has 0 spiro atoms. The Hall–Kier alpha value is -2.38. The summed E-state index contributed by atoms with van der Waals surface area (Å²) in [5.41, 5.74) is 3.58. The molecule has 7 heteroatoms. The van der Waals surface area contributed by atoms with Gasteiger partial charge in [0.2, 0.25) is 10.0 Å². The third-order valence-corrected chi connectivity index (χ3v) is 7.11. The molecule has 0 radical (unpaired) electrons. The molecular weight excluding hydrogens is 374 g/mol. The van der Waals surface area contributed by atoms with Crippen LogP contribution in [0.2, 0.25) is 0 Å². The number of hydrogen-bond donors (Lipinski definition) is 0. The molecule has 1 aliphatic carbocycles. The van der Waals surface area contributed by atoms with Crippen LogP contribution in [0.5, 0.6) is 0 Å². The van der Waals surface area contributed by atoms with Gasteiger partial charge < -0.3 is 4.42 Å². The number of benzene rings is 1. The Labute approximate surface area is 165 Å². The second-order valence-electron chi connectivity index (χ2n) is 7.58. The standard InChI is InChI=1S/C21H25N3O3S/c1-15-6-7-16(2)21(11-15)28(25,26)24(14-19-5-4-10-27-19)13-18-12-20(17-8-9-17)23(3)22-18/h4-7,10-12,17H,8-9,13-14H2,1-3H3. The van der Waals surface area contributed by atoms with Gasteiger partial charge in [0.1, 0.15) is 5.76 Å². The quantitative estimate of drug-likeness (QED) is 0.604. The van der Waals surface area contributed by atoms with E-state index in [1.54, 1.807) is 24.5 Å². The molecule has 0 N–H and O–H groups in total. The van der Waals surface area contributed by atoms with Crippen LogP contribution in [0.3, 0.4) is 0 Å². The van der Waals surface area contributed by atoms with Crippen molar-refractivity contribution in [3.05, 3.63) is 70.9 Å². The van der Waals surface area contributed by atoms with Gasteiger partial charge in [0.05, 0.1) is 29.9 Å². The smallest absolute Gasteiger partial charge is 0.244 e. The number of sulfonamides is 1. The highest BCUT2D eigenvalue weighted by atomic mass is 32.2. The van der Waals surface area contributed by atoms with Gasteiger partial charge in [-0.25, -0.2) is 8.42 Å². The molecule has 0 aliphatic heterocycles. The largest absolute Gasteiger partial charge is 0.468 e. The molecule has 28 heavy (non-hydrogen) atoms. The van der Waals surface area contributed by atoms with Gasteiger partial charge in [0.15, 0.2) is 0 Å². The van der Waals surface area contributed by atoms with Crippen LogP contribution >= 0.6 is 0 Å². The maximum Gasteiger partial charge on any atom is 0.244 e. The van der Waals surface area contributed by atoms with Crippen LogP contribution in [-0.4, -0.2) is 22.5 Å². The van der Waals surface area contributed by atoms with Gasteiger partial charge in [-0.3, -0.25) is 4.68 Å². The Morgan fingerprint density at radius 1 is 1.18 bits per heavy atom. The molecule has 2 heterocycles. The van der Waals surface area contributed by atoms with Crippen LogP contribution in [0.25, 0.3) is 0 Å². The summed E-state index contributed by atoms with van der Waals surface area (Å²) in [7, 11) is -1.79. The second kappa shape index (κ2) is 7.22. The van der Waals surface area contributed by atoms with Crippen LogP contribution in [0.15, 0.2) is 52.0 Å². The maximum atomic E-state index is 13.5. The molecule has 1 aliphatic rings. The first kappa shape index (κ1) is 19.0. The van der Waals surface area contributed by atoms with Gasteiger partial charge >= 0.3 is 0 Å². The van der Waals surface area contributed by atoms with Gasteiger partial charge in [-0.15, -0.1) is 0 Å². The molecule has 3 aromatic rings. The first-order valence-corrected chi connectivity index (χ1v) is 10.9. The Kier molecular flexibility index (Phi) is 4.89. The molecule has 2 aromatic heterocycles. The maximum absolute atomic E-state index is 13.5. The average Bonchev–Trinajstić information content (AvgIpc) is 3.23. The zero-order chi connectivity index (χ0) is 19.9. The number of rotatable bonds is 7. The molecule has 0 bridgehead atoms. The van der Waals surface area contributed by atoms with E-state index >= 15 is 0 Å². The third-order valence-electron chi connectivity index (χ3n) is 5.17. The van der Waals surface area contributed by atoms with E-state index in [-0.39, 0.29) is 13.1 Å². The minimum atomic E-state index is -3.71. The van der Waals surface area contributed by atoms with Crippen LogP contribution in [-0.2, 0) is 30.2 Å². The number of aromatic nitrogens is 2. The summed E-state index contributed by atoms with van der Waals surface area (Å²) in [5.74, 6) is 1.16. The molecule has 0 saturated heterocycles. The highest BCUT2D eigenvalue weighted by Gasteiger charge is 2.31. The van der Waals surface area contributed by atoms with Crippen molar-refractivity contribution in [3.8, 4) is 0 Å². The monoisotopic (exact) mass is 399 g/mol. The van der Waals surface area contributed by atoms with Gasteiger partial charge in [-0.05, 0) is 62.1 Å². The molecule has 0 atom stereocenters. The third kappa shape index (κ3) is 3.77. The summed E-state index contributed by atoms with van der Waals surface area (Å²) in [6.45, 7) is 4.09. The summed E-state index contributed by atoms with van der Waals surface area (Å²) in [4.78, 5) is 0.331. The highest BCUT2D eigenvalue weighted by molar-refractivity contribution is 7.89. The van der Waals surface area contributed by atoms with Crippen molar-refractivity contribution >= 4 is 10.0 Å². The molecule has 0 amide bonds. The van der Waals surface area contributed by atoms with E-state index in [0.29, 0.717) is 16.6 Å². The van der Waals surface area contributed by atoms with Crippen molar-refractivity contribution in [1.29, 1.82) is 0 Å². The summed E-state index contributed by atoms with van der Waals surface area (Å²) in [5, 5.41) is 4.57. The first-order valence-electron chi connectivity index (χ1n) is 9.47. The van der Waals surface area contributed by atoms with Gasteiger partial charge in [-0.1, -0.05) is 12.1 Å². The second-order valence-corrected chi connectivity index (χ2v) is 9.49. The Morgan fingerprint density at radius 2 is 1.96 bits per heavy atom. The van der Waals surface area contributed by atoms with E-state index in [2.05, 4.69) is 5.10 Å². The SMILES string of the molecule is Cc1ccc(C)c(S(=O)(=O)N(Cc2cc(C3CC3)n(C)n2)Cc2ccco2)c1.